The van der Waals surface area contributed by atoms with Crippen LogP contribution in [0.4, 0.5) is 0 Å². The monoisotopic (exact) mass is 252 g/mol. The Labute approximate surface area is 114 Å². The smallest absolute Gasteiger partial charge is 0.00106 e. The van der Waals surface area contributed by atoms with Crippen LogP contribution in [-0.2, 0) is 0 Å². The van der Waals surface area contributed by atoms with E-state index in [9.17, 15) is 0 Å². The summed E-state index contributed by atoms with van der Waals surface area (Å²) < 4.78 is 0. The van der Waals surface area contributed by atoms with Crippen LogP contribution in [-0.4, -0.2) is 37.6 Å². The average molecular weight is 252 g/mol. The highest BCUT2D eigenvalue weighted by Crippen LogP contribution is 2.14. The molecule has 0 radical (unpaired) electrons. The Morgan fingerprint density at radius 3 is 2.61 bits per heavy atom. The predicted octanol–water partition coefficient (Wildman–Crippen LogP) is 3.44. The normalized spacial score (nSPS) is 17.2. The third-order valence-corrected chi connectivity index (χ3v) is 3.90. The fourth-order valence-electron chi connectivity index (χ4n) is 2.84. The highest BCUT2D eigenvalue weighted by atomic mass is 15.1. The molecule has 18 heavy (non-hydrogen) atoms. The second-order valence-electron chi connectivity index (χ2n) is 5.63. The topological polar surface area (TPSA) is 15.3 Å². The molecule has 106 valence electrons. The molecular formula is C16H32N2. The second-order valence-corrected chi connectivity index (χ2v) is 5.63. The number of piperidine rings is 1. The van der Waals surface area contributed by atoms with Crippen molar-refractivity contribution in [1.82, 2.24) is 10.2 Å². The van der Waals surface area contributed by atoms with Gasteiger partial charge in [0.1, 0.15) is 0 Å². The average Bonchev–Trinajstić information content (AvgIpc) is 2.40. The minimum absolute atomic E-state index is 0.936. The molecule has 0 bridgehead atoms. The lowest BCUT2D eigenvalue weighted by atomic mass is 9.97. The number of rotatable bonds is 10. The van der Waals surface area contributed by atoms with E-state index in [-0.39, 0.29) is 0 Å². The maximum Gasteiger partial charge on any atom is 0.00106 e. The zero-order valence-corrected chi connectivity index (χ0v) is 12.3. The van der Waals surface area contributed by atoms with Crippen LogP contribution < -0.4 is 5.32 Å². The van der Waals surface area contributed by atoms with Crippen molar-refractivity contribution in [3.8, 4) is 0 Å². The van der Waals surface area contributed by atoms with Gasteiger partial charge in [0.2, 0.25) is 0 Å². The van der Waals surface area contributed by atoms with E-state index in [1.165, 1.54) is 77.7 Å². The summed E-state index contributed by atoms with van der Waals surface area (Å²) in [6.07, 6.45) is 11.3. The number of unbranched alkanes of at least 4 members (excludes halogenated alkanes) is 3. The van der Waals surface area contributed by atoms with Crippen molar-refractivity contribution in [3.05, 3.63) is 12.7 Å². The van der Waals surface area contributed by atoms with Crippen LogP contribution in [0.5, 0.6) is 0 Å². The molecule has 0 saturated carbocycles. The molecule has 0 amide bonds. The SMILES string of the molecule is C=CCCCCCN(CCC)CC1CCNCC1. The Balaban J connectivity index is 2.14. The van der Waals surface area contributed by atoms with E-state index in [0.29, 0.717) is 0 Å². The van der Waals surface area contributed by atoms with Crippen molar-refractivity contribution in [1.29, 1.82) is 0 Å². The van der Waals surface area contributed by atoms with Gasteiger partial charge in [0.25, 0.3) is 0 Å². The van der Waals surface area contributed by atoms with Gasteiger partial charge in [-0.2, -0.15) is 0 Å². The summed E-state index contributed by atoms with van der Waals surface area (Å²) in [4.78, 5) is 2.70. The number of allylic oxidation sites excluding steroid dienone is 1. The summed E-state index contributed by atoms with van der Waals surface area (Å²) >= 11 is 0. The van der Waals surface area contributed by atoms with E-state index in [4.69, 9.17) is 0 Å². The molecule has 1 heterocycles. The molecule has 0 aromatic carbocycles. The Hall–Kier alpha value is -0.340. The van der Waals surface area contributed by atoms with Crippen molar-refractivity contribution in [2.24, 2.45) is 5.92 Å². The van der Waals surface area contributed by atoms with Crippen LogP contribution >= 0.6 is 0 Å². The molecule has 0 atom stereocenters. The van der Waals surface area contributed by atoms with E-state index in [1.807, 2.05) is 6.08 Å². The first-order valence-electron chi connectivity index (χ1n) is 7.90. The Bertz CT molecular complexity index is 197. The predicted molar refractivity (Wildman–Crippen MR) is 81.0 cm³/mol. The molecule has 0 aromatic heterocycles. The number of nitrogens with one attached hydrogen (secondary N) is 1. The molecule has 0 aliphatic carbocycles. The number of hydrogen-bond donors (Lipinski definition) is 1. The quantitative estimate of drug-likeness (QED) is 0.473. The second kappa shape index (κ2) is 10.6. The van der Waals surface area contributed by atoms with Crippen molar-refractivity contribution in [2.45, 2.75) is 51.9 Å². The molecule has 0 spiro atoms. The molecule has 1 fully saturated rings. The molecule has 2 heteroatoms. The van der Waals surface area contributed by atoms with Gasteiger partial charge in [0.05, 0.1) is 0 Å². The van der Waals surface area contributed by atoms with Gasteiger partial charge in [-0.25, -0.2) is 0 Å². The third-order valence-electron chi connectivity index (χ3n) is 3.90. The summed E-state index contributed by atoms with van der Waals surface area (Å²) in [6, 6.07) is 0. The van der Waals surface area contributed by atoms with E-state index >= 15 is 0 Å². The molecular weight excluding hydrogens is 220 g/mol. The van der Waals surface area contributed by atoms with Gasteiger partial charge in [-0.15, -0.1) is 6.58 Å². The van der Waals surface area contributed by atoms with Crippen LogP contribution in [0.25, 0.3) is 0 Å². The van der Waals surface area contributed by atoms with Crippen LogP contribution in [0.1, 0.15) is 51.9 Å². The largest absolute Gasteiger partial charge is 0.317 e. The van der Waals surface area contributed by atoms with Crippen LogP contribution in [0.15, 0.2) is 12.7 Å². The standard InChI is InChI=1S/C16H32N2/c1-3-5-6-7-8-14-18(13-4-2)15-16-9-11-17-12-10-16/h3,16-17H,1,4-15H2,2H3. The summed E-state index contributed by atoms with van der Waals surface area (Å²) in [7, 11) is 0. The van der Waals surface area contributed by atoms with Gasteiger partial charge in [-0.05, 0) is 70.6 Å². The fourth-order valence-corrected chi connectivity index (χ4v) is 2.84. The summed E-state index contributed by atoms with van der Waals surface area (Å²) in [6.45, 7) is 12.4. The van der Waals surface area contributed by atoms with Crippen LogP contribution in [0.2, 0.25) is 0 Å². The first-order chi connectivity index (χ1) is 8.86. The lowest BCUT2D eigenvalue weighted by molar-refractivity contribution is 0.202. The van der Waals surface area contributed by atoms with Gasteiger partial charge < -0.3 is 10.2 Å². The van der Waals surface area contributed by atoms with E-state index in [0.717, 1.165) is 5.92 Å². The zero-order valence-electron chi connectivity index (χ0n) is 12.3. The molecule has 1 aliphatic heterocycles. The maximum atomic E-state index is 3.78. The van der Waals surface area contributed by atoms with E-state index in [2.05, 4.69) is 23.7 Å². The van der Waals surface area contributed by atoms with Gasteiger partial charge in [-0.3, -0.25) is 0 Å². The molecule has 0 unspecified atom stereocenters. The van der Waals surface area contributed by atoms with Crippen LogP contribution in [0.3, 0.4) is 0 Å². The highest BCUT2D eigenvalue weighted by Gasteiger charge is 2.16. The minimum Gasteiger partial charge on any atom is -0.317 e. The Morgan fingerprint density at radius 1 is 1.17 bits per heavy atom. The van der Waals surface area contributed by atoms with Crippen molar-refractivity contribution < 1.29 is 0 Å². The first-order valence-corrected chi connectivity index (χ1v) is 7.90. The lowest BCUT2D eigenvalue weighted by Crippen LogP contribution is -2.37. The fraction of sp³-hybridized carbons (Fsp3) is 0.875. The van der Waals surface area contributed by atoms with Crippen molar-refractivity contribution in [2.75, 3.05) is 32.7 Å². The van der Waals surface area contributed by atoms with Gasteiger partial charge in [0, 0.05) is 6.54 Å². The Kier molecular flexibility index (Phi) is 9.23. The zero-order chi connectivity index (χ0) is 13.1. The van der Waals surface area contributed by atoms with Gasteiger partial charge >= 0.3 is 0 Å². The molecule has 1 saturated heterocycles. The molecule has 1 N–H and O–H groups in total. The summed E-state index contributed by atoms with van der Waals surface area (Å²) in [5.74, 6) is 0.936. The Morgan fingerprint density at radius 2 is 1.94 bits per heavy atom. The third kappa shape index (κ3) is 7.17. The van der Waals surface area contributed by atoms with Crippen LogP contribution in [0, 0.1) is 5.92 Å². The molecule has 2 nitrogen and oxygen atoms in total. The number of hydrogen-bond acceptors (Lipinski definition) is 2. The highest BCUT2D eigenvalue weighted by molar-refractivity contribution is 4.73. The van der Waals surface area contributed by atoms with E-state index in [1.54, 1.807) is 0 Å². The summed E-state index contributed by atoms with van der Waals surface area (Å²) in [5, 5.41) is 3.46. The van der Waals surface area contributed by atoms with Gasteiger partial charge in [0.15, 0.2) is 0 Å². The minimum atomic E-state index is 0.936. The van der Waals surface area contributed by atoms with Gasteiger partial charge in [-0.1, -0.05) is 19.4 Å². The summed E-state index contributed by atoms with van der Waals surface area (Å²) in [5.41, 5.74) is 0. The van der Waals surface area contributed by atoms with Crippen molar-refractivity contribution >= 4 is 0 Å². The number of nitrogens with zero attached hydrogens (tertiary/aromatic N) is 1. The lowest BCUT2D eigenvalue weighted by Gasteiger charge is -2.30. The van der Waals surface area contributed by atoms with E-state index < -0.39 is 0 Å². The van der Waals surface area contributed by atoms with Crippen molar-refractivity contribution in [3.63, 3.8) is 0 Å². The maximum absolute atomic E-state index is 3.78. The first kappa shape index (κ1) is 15.7. The molecule has 1 rings (SSSR count). The molecule has 1 aliphatic rings. The molecule has 0 aromatic rings.